The van der Waals surface area contributed by atoms with Gasteiger partial charge in [0.15, 0.2) is 0 Å². The first kappa shape index (κ1) is 13.5. The molecule has 0 unspecified atom stereocenters. The van der Waals surface area contributed by atoms with E-state index in [9.17, 15) is 4.79 Å². The lowest BCUT2D eigenvalue weighted by Gasteiger charge is -2.16. The molecule has 0 saturated heterocycles. The summed E-state index contributed by atoms with van der Waals surface area (Å²) in [6.45, 7) is 2.45. The molecule has 0 aromatic heterocycles. The standard InChI is InChI=1S/C13H19NO3/c1-10(14(2)3)9-17-13(15)11-6-5-7-12(8-11)16-4/h5-8,10H,9H2,1-4H3/p+1/t10-/m1/s1. The minimum atomic E-state index is -0.308. The van der Waals surface area contributed by atoms with Crippen molar-refractivity contribution >= 4 is 5.97 Å². The molecule has 1 aromatic carbocycles. The number of hydrogen-bond donors (Lipinski definition) is 1. The van der Waals surface area contributed by atoms with Gasteiger partial charge >= 0.3 is 5.97 Å². The Labute approximate surface area is 102 Å². The van der Waals surface area contributed by atoms with Gasteiger partial charge in [0.2, 0.25) is 0 Å². The van der Waals surface area contributed by atoms with Crippen LogP contribution in [0.5, 0.6) is 5.75 Å². The van der Waals surface area contributed by atoms with Crippen LogP contribution in [0.15, 0.2) is 24.3 Å². The molecule has 0 spiro atoms. The van der Waals surface area contributed by atoms with Crippen LogP contribution in [0.4, 0.5) is 0 Å². The first-order chi connectivity index (χ1) is 8.04. The summed E-state index contributed by atoms with van der Waals surface area (Å²) in [5.41, 5.74) is 0.519. The summed E-state index contributed by atoms with van der Waals surface area (Å²) in [6, 6.07) is 7.25. The van der Waals surface area contributed by atoms with Crippen molar-refractivity contribution < 1.29 is 19.2 Å². The summed E-state index contributed by atoms with van der Waals surface area (Å²) in [4.78, 5) is 13.0. The molecule has 0 amide bonds. The molecule has 0 aliphatic rings. The summed E-state index contributed by atoms with van der Waals surface area (Å²) >= 11 is 0. The minimum Gasteiger partial charge on any atom is -0.497 e. The van der Waals surface area contributed by atoms with Crippen LogP contribution < -0.4 is 9.64 Å². The zero-order valence-corrected chi connectivity index (χ0v) is 10.8. The number of methoxy groups -OCH3 is 1. The number of carbonyl (C=O) groups is 1. The number of quaternary nitrogens is 1. The highest BCUT2D eigenvalue weighted by Gasteiger charge is 2.13. The van der Waals surface area contributed by atoms with Gasteiger partial charge in [-0.1, -0.05) is 6.07 Å². The second kappa shape index (κ2) is 6.25. The number of hydrogen-bond acceptors (Lipinski definition) is 3. The number of nitrogens with one attached hydrogen (secondary N) is 1. The average molecular weight is 238 g/mol. The van der Waals surface area contributed by atoms with Crippen molar-refractivity contribution in [1.29, 1.82) is 0 Å². The Morgan fingerprint density at radius 1 is 1.41 bits per heavy atom. The van der Waals surface area contributed by atoms with E-state index in [4.69, 9.17) is 9.47 Å². The van der Waals surface area contributed by atoms with Gasteiger partial charge in [-0.05, 0) is 25.1 Å². The van der Waals surface area contributed by atoms with Crippen molar-refractivity contribution in [2.45, 2.75) is 13.0 Å². The van der Waals surface area contributed by atoms with E-state index in [1.165, 1.54) is 4.90 Å². The molecule has 0 aliphatic carbocycles. The number of likely N-dealkylation sites (N-methyl/N-ethyl adjacent to an activating group) is 1. The van der Waals surface area contributed by atoms with Crippen LogP contribution in [0.1, 0.15) is 17.3 Å². The van der Waals surface area contributed by atoms with Crippen LogP contribution >= 0.6 is 0 Å². The maximum absolute atomic E-state index is 11.8. The van der Waals surface area contributed by atoms with Crippen LogP contribution in [0, 0.1) is 0 Å². The fraction of sp³-hybridized carbons (Fsp3) is 0.462. The second-order valence-electron chi connectivity index (χ2n) is 4.31. The lowest BCUT2D eigenvalue weighted by atomic mass is 10.2. The molecule has 0 aliphatic heterocycles. The number of rotatable bonds is 5. The zero-order valence-electron chi connectivity index (χ0n) is 10.8. The highest BCUT2D eigenvalue weighted by Crippen LogP contribution is 2.13. The average Bonchev–Trinajstić information content (AvgIpc) is 2.35. The van der Waals surface area contributed by atoms with Gasteiger partial charge in [-0.3, -0.25) is 0 Å². The minimum absolute atomic E-state index is 0.282. The van der Waals surface area contributed by atoms with Gasteiger partial charge in [-0.15, -0.1) is 0 Å². The van der Waals surface area contributed by atoms with E-state index in [0.29, 0.717) is 17.9 Å². The lowest BCUT2D eigenvalue weighted by molar-refractivity contribution is -0.883. The van der Waals surface area contributed by atoms with Gasteiger partial charge in [-0.25, -0.2) is 4.79 Å². The van der Waals surface area contributed by atoms with E-state index in [1.54, 1.807) is 31.4 Å². The van der Waals surface area contributed by atoms with Crippen molar-refractivity contribution in [1.82, 2.24) is 0 Å². The molecule has 0 heterocycles. The Kier molecular flexibility index (Phi) is 4.97. The molecule has 1 N–H and O–H groups in total. The highest BCUT2D eigenvalue weighted by atomic mass is 16.5. The van der Waals surface area contributed by atoms with Gasteiger partial charge < -0.3 is 14.4 Å². The monoisotopic (exact) mass is 238 g/mol. The van der Waals surface area contributed by atoms with Gasteiger partial charge in [0.25, 0.3) is 0 Å². The number of ether oxygens (including phenoxy) is 2. The maximum atomic E-state index is 11.8. The molecule has 1 aromatic rings. The predicted molar refractivity (Wildman–Crippen MR) is 65.5 cm³/mol. The van der Waals surface area contributed by atoms with Gasteiger partial charge in [0.1, 0.15) is 18.4 Å². The summed E-state index contributed by atoms with van der Waals surface area (Å²) in [5.74, 6) is 0.350. The van der Waals surface area contributed by atoms with Gasteiger partial charge in [0, 0.05) is 0 Å². The third-order valence-electron chi connectivity index (χ3n) is 2.76. The molecule has 94 valence electrons. The van der Waals surface area contributed by atoms with Crippen molar-refractivity contribution in [3.8, 4) is 5.75 Å². The largest absolute Gasteiger partial charge is 0.497 e. The van der Waals surface area contributed by atoms with Crippen molar-refractivity contribution in [3.05, 3.63) is 29.8 Å². The van der Waals surface area contributed by atoms with Crippen molar-refractivity contribution in [2.75, 3.05) is 27.8 Å². The van der Waals surface area contributed by atoms with E-state index >= 15 is 0 Å². The Balaban J connectivity index is 2.57. The fourth-order valence-corrected chi connectivity index (χ4v) is 1.20. The topological polar surface area (TPSA) is 40.0 Å². The predicted octanol–water partition coefficient (Wildman–Crippen LogP) is 0.385. The fourth-order valence-electron chi connectivity index (χ4n) is 1.20. The summed E-state index contributed by atoms with van der Waals surface area (Å²) < 4.78 is 10.3. The number of esters is 1. The molecule has 1 rings (SSSR count). The molecule has 17 heavy (non-hydrogen) atoms. The van der Waals surface area contributed by atoms with Gasteiger partial charge in [0.05, 0.1) is 26.8 Å². The summed E-state index contributed by atoms with van der Waals surface area (Å²) in [5, 5.41) is 0. The van der Waals surface area contributed by atoms with Gasteiger partial charge in [-0.2, -0.15) is 0 Å². The van der Waals surface area contributed by atoms with Crippen molar-refractivity contribution in [3.63, 3.8) is 0 Å². The summed E-state index contributed by atoms with van der Waals surface area (Å²) in [6.07, 6.45) is 0. The Hall–Kier alpha value is -1.55. The van der Waals surface area contributed by atoms with Crippen LogP contribution in [-0.2, 0) is 4.74 Å². The SMILES string of the molecule is COc1cccc(C(=O)OC[C@@H](C)[NH+](C)C)c1. The van der Waals surface area contributed by atoms with E-state index in [2.05, 4.69) is 0 Å². The lowest BCUT2D eigenvalue weighted by Crippen LogP contribution is -3.10. The third kappa shape index (κ3) is 4.07. The smallest absolute Gasteiger partial charge is 0.338 e. The second-order valence-corrected chi connectivity index (χ2v) is 4.31. The zero-order chi connectivity index (χ0) is 12.8. The molecule has 4 nitrogen and oxygen atoms in total. The maximum Gasteiger partial charge on any atom is 0.338 e. The Morgan fingerprint density at radius 2 is 2.12 bits per heavy atom. The van der Waals surface area contributed by atoms with E-state index < -0.39 is 0 Å². The molecular formula is C13H20NO3+. The quantitative estimate of drug-likeness (QED) is 0.754. The Bertz CT molecular complexity index is 377. The van der Waals surface area contributed by atoms with E-state index in [0.717, 1.165) is 0 Å². The van der Waals surface area contributed by atoms with Crippen molar-refractivity contribution in [2.24, 2.45) is 0 Å². The third-order valence-corrected chi connectivity index (χ3v) is 2.76. The number of carbonyl (C=O) groups excluding carboxylic acids is 1. The van der Waals surface area contributed by atoms with Crippen LogP contribution in [0.2, 0.25) is 0 Å². The molecule has 1 atom stereocenters. The summed E-state index contributed by atoms with van der Waals surface area (Å²) in [7, 11) is 5.63. The molecule has 0 saturated carbocycles. The first-order valence-electron chi connectivity index (χ1n) is 5.65. The molecule has 0 radical (unpaired) electrons. The number of benzene rings is 1. The van der Waals surface area contributed by atoms with E-state index in [-0.39, 0.29) is 12.0 Å². The normalized spacial score (nSPS) is 12.3. The molecule has 4 heteroatoms. The Morgan fingerprint density at radius 3 is 2.71 bits per heavy atom. The van der Waals surface area contributed by atoms with Crippen LogP contribution in [-0.4, -0.2) is 39.8 Å². The first-order valence-corrected chi connectivity index (χ1v) is 5.65. The molecular weight excluding hydrogens is 218 g/mol. The highest BCUT2D eigenvalue weighted by molar-refractivity contribution is 5.89. The molecule has 0 bridgehead atoms. The van der Waals surface area contributed by atoms with Crippen LogP contribution in [0.3, 0.4) is 0 Å². The van der Waals surface area contributed by atoms with Crippen LogP contribution in [0.25, 0.3) is 0 Å². The van der Waals surface area contributed by atoms with E-state index in [1.807, 2.05) is 21.0 Å². The molecule has 0 fully saturated rings.